The highest BCUT2D eigenvalue weighted by atomic mass is 79.9. The first-order valence-electron chi connectivity index (χ1n) is 8.41. The first-order valence-corrected chi connectivity index (χ1v) is 11.0. The normalized spacial score (nSPS) is 15.5. The van der Waals surface area contributed by atoms with Crippen LogP contribution in [0.1, 0.15) is 27.2 Å². The fraction of sp³-hybridized carbons (Fsp3) is 0.211. The van der Waals surface area contributed by atoms with Gasteiger partial charge in [-0.2, -0.15) is 0 Å². The first-order chi connectivity index (χ1) is 12.9. The van der Waals surface area contributed by atoms with Crippen molar-refractivity contribution in [2.24, 2.45) is 0 Å². The Labute approximate surface area is 164 Å². The molecule has 1 aliphatic heterocycles. The van der Waals surface area contributed by atoms with Gasteiger partial charge in [0.25, 0.3) is 5.91 Å². The van der Waals surface area contributed by atoms with Gasteiger partial charge in [-0.05, 0) is 41.5 Å². The average molecular weight is 449 g/mol. The number of sulfone groups is 1. The molecule has 3 aromatic rings. The lowest BCUT2D eigenvalue weighted by molar-refractivity contribution is 0.0706. The lowest BCUT2D eigenvalue weighted by Crippen LogP contribution is -2.21. The van der Waals surface area contributed by atoms with Crippen molar-refractivity contribution in [1.82, 2.24) is 10.0 Å². The highest BCUT2D eigenvalue weighted by Gasteiger charge is 2.27. The van der Waals surface area contributed by atoms with Gasteiger partial charge in [0.2, 0.25) is 0 Å². The molecule has 6 nitrogen and oxygen atoms in total. The van der Waals surface area contributed by atoms with E-state index in [1.165, 1.54) is 0 Å². The van der Waals surface area contributed by atoms with Crippen LogP contribution in [0.3, 0.4) is 0 Å². The van der Waals surface area contributed by atoms with Gasteiger partial charge in [0, 0.05) is 39.6 Å². The Hall–Kier alpha value is -2.16. The number of hydroxylamine groups is 1. The number of hydrogen-bond donors (Lipinski definition) is 2. The summed E-state index contributed by atoms with van der Waals surface area (Å²) < 4.78 is 27.4. The van der Waals surface area contributed by atoms with E-state index >= 15 is 0 Å². The zero-order valence-electron chi connectivity index (χ0n) is 14.3. The summed E-state index contributed by atoms with van der Waals surface area (Å²) in [6.45, 7) is 0.514. The van der Waals surface area contributed by atoms with Crippen molar-refractivity contribution in [2.45, 2.75) is 18.7 Å². The number of fused-ring (bicyclic) bond motifs is 3. The summed E-state index contributed by atoms with van der Waals surface area (Å²) in [5.74, 6) is -0.370. The van der Waals surface area contributed by atoms with Gasteiger partial charge in [0.1, 0.15) is 0 Å². The van der Waals surface area contributed by atoms with Gasteiger partial charge >= 0.3 is 0 Å². The summed E-state index contributed by atoms with van der Waals surface area (Å²) in [5.41, 5.74) is 5.76. The average Bonchev–Trinajstić information content (AvgIpc) is 2.92. The maximum Gasteiger partial charge on any atom is 0.274 e. The van der Waals surface area contributed by atoms with Crippen LogP contribution in [0, 0.1) is 0 Å². The lowest BCUT2D eigenvalue weighted by Gasteiger charge is -2.17. The number of aromatic nitrogens is 1. The third-order valence-corrected chi connectivity index (χ3v) is 6.94. The molecule has 8 heteroatoms. The second kappa shape index (κ2) is 6.78. The van der Waals surface area contributed by atoms with Crippen LogP contribution in [0.2, 0.25) is 0 Å². The predicted octanol–water partition coefficient (Wildman–Crippen LogP) is 3.04. The summed E-state index contributed by atoms with van der Waals surface area (Å²) in [6.07, 6.45) is 0.473. The molecule has 2 heterocycles. The molecule has 1 aromatic heterocycles. The first kappa shape index (κ1) is 18.2. The monoisotopic (exact) mass is 448 g/mol. The van der Waals surface area contributed by atoms with E-state index in [4.69, 9.17) is 5.21 Å². The Bertz CT molecular complexity index is 1170. The van der Waals surface area contributed by atoms with Crippen LogP contribution in [-0.2, 0) is 28.6 Å². The van der Waals surface area contributed by atoms with E-state index in [2.05, 4.69) is 20.5 Å². The van der Waals surface area contributed by atoms with Crippen molar-refractivity contribution in [2.75, 3.05) is 5.75 Å². The quantitative estimate of drug-likeness (QED) is 0.475. The van der Waals surface area contributed by atoms with Gasteiger partial charge < -0.3 is 4.57 Å². The van der Waals surface area contributed by atoms with Crippen LogP contribution in [0.5, 0.6) is 0 Å². The third-order valence-electron chi connectivity index (χ3n) is 4.89. The Morgan fingerprint density at radius 3 is 2.81 bits per heavy atom. The molecule has 0 radical (unpaired) electrons. The number of nitrogens with zero attached hydrogens (tertiary/aromatic N) is 1. The Morgan fingerprint density at radius 2 is 2.04 bits per heavy atom. The molecular weight excluding hydrogens is 432 g/mol. The van der Waals surface area contributed by atoms with Crippen molar-refractivity contribution in [3.63, 3.8) is 0 Å². The zero-order chi connectivity index (χ0) is 19.2. The van der Waals surface area contributed by atoms with Crippen LogP contribution in [0.4, 0.5) is 0 Å². The molecule has 0 saturated heterocycles. The van der Waals surface area contributed by atoms with E-state index < -0.39 is 15.7 Å². The van der Waals surface area contributed by atoms with Gasteiger partial charge in [-0.25, -0.2) is 13.9 Å². The van der Waals surface area contributed by atoms with Gasteiger partial charge in [-0.15, -0.1) is 0 Å². The molecule has 1 aliphatic rings. The number of carbonyl (C=O) groups is 1. The third kappa shape index (κ3) is 3.40. The number of benzene rings is 2. The van der Waals surface area contributed by atoms with Crippen LogP contribution in [0.15, 0.2) is 46.9 Å². The standard InChI is InChI=1S/C19H17BrN2O4S/c20-14-4-5-17-15(9-14)16-11-27(25,26)7-6-18(16)22(17)10-12-2-1-3-13(8-12)19(23)21-24/h1-5,8-9,24H,6-7,10-11H2,(H,21,23). The van der Waals surface area contributed by atoms with Gasteiger partial charge in [0.15, 0.2) is 9.84 Å². The fourth-order valence-electron chi connectivity index (χ4n) is 3.68. The minimum Gasteiger partial charge on any atom is -0.340 e. The molecule has 27 heavy (non-hydrogen) atoms. The van der Waals surface area contributed by atoms with Gasteiger partial charge in [0.05, 0.1) is 11.5 Å². The molecular formula is C19H17BrN2O4S. The Balaban J connectivity index is 1.84. The van der Waals surface area contributed by atoms with E-state index in [1.807, 2.05) is 24.3 Å². The fourth-order valence-corrected chi connectivity index (χ4v) is 5.45. The van der Waals surface area contributed by atoms with E-state index in [0.717, 1.165) is 32.2 Å². The van der Waals surface area contributed by atoms with Crippen LogP contribution in [-0.4, -0.2) is 29.9 Å². The second-order valence-corrected chi connectivity index (χ2v) is 9.76. The van der Waals surface area contributed by atoms with Crippen molar-refractivity contribution in [3.05, 3.63) is 69.3 Å². The minimum atomic E-state index is -3.09. The maximum atomic E-state index is 12.2. The second-order valence-electron chi connectivity index (χ2n) is 6.66. The van der Waals surface area contributed by atoms with Crippen molar-refractivity contribution < 1.29 is 18.4 Å². The Morgan fingerprint density at radius 1 is 1.22 bits per heavy atom. The zero-order valence-corrected chi connectivity index (χ0v) is 16.7. The minimum absolute atomic E-state index is 0.0508. The molecule has 0 unspecified atom stereocenters. The smallest absolute Gasteiger partial charge is 0.274 e. The summed E-state index contributed by atoms with van der Waals surface area (Å²) >= 11 is 3.47. The SMILES string of the molecule is O=C(NO)c1cccc(Cn2c3c(c4cc(Br)ccc42)CS(=O)(=O)CC3)c1. The molecule has 2 aromatic carbocycles. The summed E-state index contributed by atoms with van der Waals surface area (Å²) in [5, 5.41) is 9.78. The molecule has 0 saturated carbocycles. The van der Waals surface area contributed by atoms with Gasteiger partial charge in [-0.1, -0.05) is 28.1 Å². The molecule has 0 spiro atoms. The van der Waals surface area contributed by atoms with Crippen LogP contribution >= 0.6 is 15.9 Å². The number of halogens is 1. The van der Waals surface area contributed by atoms with E-state index in [9.17, 15) is 13.2 Å². The van der Waals surface area contributed by atoms with Crippen LogP contribution < -0.4 is 5.48 Å². The number of amides is 1. The van der Waals surface area contributed by atoms with E-state index in [0.29, 0.717) is 18.5 Å². The highest BCUT2D eigenvalue weighted by Crippen LogP contribution is 2.34. The molecule has 0 bridgehead atoms. The highest BCUT2D eigenvalue weighted by molar-refractivity contribution is 9.10. The van der Waals surface area contributed by atoms with Crippen LogP contribution in [0.25, 0.3) is 10.9 Å². The number of nitrogens with one attached hydrogen (secondary N) is 1. The molecule has 140 valence electrons. The van der Waals surface area contributed by atoms with Crippen molar-refractivity contribution in [3.8, 4) is 0 Å². The largest absolute Gasteiger partial charge is 0.340 e. The molecule has 0 aliphatic carbocycles. The molecule has 1 amide bonds. The van der Waals surface area contributed by atoms with Crippen molar-refractivity contribution in [1.29, 1.82) is 0 Å². The van der Waals surface area contributed by atoms with E-state index in [1.54, 1.807) is 23.7 Å². The molecule has 0 atom stereocenters. The van der Waals surface area contributed by atoms with Crippen molar-refractivity contribution >= 4 is 42.6 Å². The molecule has 2 N–H and O–H groups in total. The molecule has 0 fully saturated rings. The number of hydrogen-bond acceptors (Lipinski definition) is 4. The molecule has 4 rings (SSSR count). The lowest BCUT2D eigenvalue weighted by atomic mass is 10.1. The topological polar surface area (TPSA) is 88.4 Å². The van der Waals surface area contributed by atoms with Gasteiger partial charge in [-0.3, -0.25) is 10.0 Å². The maximum absolute atomic E-state index is 12.2. The predicted molar refractivity (Wildman–Crippen MR) is 106 cm³/mol. The summed E-state index contributed by atoms with van der Waals surface area (Å²) in [4.78, 5) is 11.7. The summed E-state index contributed by atoms with van der Waals surface area (Å²) in [7, 11) is -3.09. The number of carbonyl (C=O) groups excluding carboxylic acids is 1. The Kier molecular flexibility index (Phi) is 4.57. The number of rotatable bonds is 3. The summed E-state index contributed by atoms with van der Waals surface area (Å²) in [6, 6.07) is 12.9. The van der Waals surface area contributed by atoms with E-state index in [-0.39, 0.29) is 11.5 Å².